The van der Waals surface area contributed by atoms with E-state index in [1.807, 2.05) is 41.3 Å². The van der Waals surface area contributed by atoms with E-state index in [0.717, 1.165) is 43.7 Å². The summed E-state index contributed by atoms with van der Waals surface area (Å²) in [5.41, 5.74) is 0.288. The van der Waals surface area contributed by atoms with Crippen LogP contribution >= 0.6 is 0 Å². The van der Waals surface area contributed by atoms with Crippen LogP contribution in [-0.4, -0.2) is 57.8 Å². The molecule has 204 valence electrons. The van der Waals surface area contributed by atoms with E-state index in [-0.39, 0.29) is 17.9 Å². The van der Waals surface area contributed by atoms with Gasteiger partial charge in [0.05, 0.1) is 0 Å². The number of piperidine rings is 1. The molecule has 0 radical (unpaired) electrons. The van der Waals surface area contributed by atoms with Gasteiger partial charge in [-0.05, 0) is 49.8 Å². The molecule has 7 nitrogen and oxygen atoms in total. The first kappa shape index (κ1) is 26.7. The number of carbonyl (C=O) groups is 2. The number of para-hydroxylation sites is 1. The van der Waals surface area contributed by atoms with Crippen LogP contribution in [0.5, 0.6) is 11.6 Å². The number of unbranched alkanes of at least 4 members (excludes halogenated alkanes) is 1. The smallest absolute Gasteiger partial charge is 0.246 e. The summed E-state index contributed by atoms with van der Waals surface area (Å²) in [4.78, 5) is 36.3. The number of amides is 2. The van der Waals surface area contributed by atoms with E-state index in [2.05, 4.69) is 28.2 Å². The van der Waals surface area contributed by atoms with Gasteiger partial charge in [-0.1, -0.05) is 69.7 Å². The minimum absolute atomic E-state index is 0.0585. The molecule has 1 saturated carbocycles. The van der Waals surface area contributed by atoms with Gasteiger partial charge in [0.25, 0.3) is 0 Å². The first-order valence-corrected chi connectivity index (χ1v) is 14.6. The number of piperazine rings is 1. The van der Waals surface area contributed by atoms with Crippen LogP contribution in [0.1, 0.15) is 76.7 Å². The van der Waals surface area contributed by atoms with Crippen LogP contribution in [0.25, 0.3) is 0 Å². The fourth-order valence-electron chi connectivity index (χ4n) is 6.49. The number of hydrogen-bond acceptors (Lipinski definition) is 5. The van der Waals surface area contributed by atoms with Crippen molar-refractivity contribution >= 4 is 11.8 Å². The molecule has 2 saturated heterocycles. The van der Waals surface area contributed by atoms with Crippen molar-refractivity contribution in [3.63, 3.8) is 0 Å². The van der Waals surface area contributed by atoms with Gasteiger partial charge in [-0.25, -0.2) is 4.98 Å². The van der Waals surface area contributed by atoms with E-state index < -0.39 is 5.54 Å². The van der Waals surface area contributed by atoms with Gasteiger partial charge in [-0.2, -0.15) is 0 Å². The molecule has 3 fully saturated rings. The number of rotatable bonds is 9. The average Bonchev–Trinajstić information content (AvgIpc) is 2.95. The number of hydrogen-bond donors (Lipinski definition) is 1. The van der Waals surface area contributed by atoms with Gasteiger partial charge in [-0.15, -0.1) is 0 Å². The second-order valence-corrected chi connectivity index (χ2v) is 11.3. The zero-order valence-electron chi connectivity index (χ0n) is 22.7. The normalized spacial score (nSPS) is 22.4. The molecule has 1 aliphatic carbocycles. The van der Waals surface area contributed by atoms with Crippen molar-refractivity contribution in [2.45, 2.75) is 89.3 Å². The molecule has 1 aromatic carbocycles. The summed E-state index contributed by atoms with van der Waals surface area (Å²) in [5.74, 6) is 2.12. The predicted octanol–water partition coefficient (Wildman–Crippen LogP) is 5.31. The van der Waals surface area contributed by atoms with Crippen molar-refractivity contribution in [1.82, 2.24) is 20.1 Å². The Morgan fingerprint density at radius 1 is 1.03 bits per heavy atom. The van der Waals surface area contributed by atoms with Crippen molar-refractivity contribution in [1.29, 1.82) is 0 Å². The molecular formula is C31H42N4O3. The molecule has 1 atom stereocenters. The van der Waals surface area contributed by atoms with Crippen LogP contribution in [0.2, 0.25) is 0 Å². The predicted molar refractivity (Wildman–Crippen MR) is 148 cm³/mol. The van der Waals surface area contributed by atoms with Gasteiger partial charge < -0.3 is 15.0 Å². The minimum Gasteiger partial charge on any atom is -0.439 e. The quantitative estimate of drug-likeness (QED) is 0.487. The SMILES string of the molecule is CCCCN1C(=O)C(CC2CCCCC2)NC(=O)C12CCN(Cc1cccnc1Oc1ccccc1)CC2. The van der Waals surface area contributed by atoms with Crippen molar-refractivity contribution < 1.29 is 14.3 Å². The molecule has 0 bridgehead atoms. The molecule has 1 N–H and O–H groups in total. The van der Waals surface area contributed by atoms with Crippen LogP contribution < -0.4 is 10.1 Å². The van der Waals surface area contributed by atoms with Crippen LogP contribution in [0.3, 0.4) is 0 Å². The summed E-state index contributed by atoms with van der Waals surface area (Å²) in [5, 5.41) is 3.20. The maximum atomic E-state index is 13.8. The number of carbonyl (C=O) groups excluding carboxylic acids is 2. The largest absolute Gasteiger partial charge is 0.439 e. The van der Waals surface area contributed by atoms with Crippen molar-refractivity contribution in [3.8, 4) is 11.6 Å². The third kappa shape index (κ3) is 5.88. The molecular weight excluding hydrogens is 476 g/mol. The van der Waals surface area contributed by atoms with E-state index in [0.29, 0.717) is 37.7 Å². The Balaban J connectivity index is 1.26. The molecule has 2 aromatic rings. The number of aromatic nitrogens is 1. The summed E-state index contributed by atoms with van der Waals surface area (Å²) in [6, 6.07) is 13.3. The lowest BCUT2D eigenvalue weighted by Crippen LogP contribution is -2.73. The molecule has 2 aliphatic heterocycles. The minimum atomic E-state index is -0.732. The Hall–Kier alpha value is -2.93. The third-order valence-electron chi connectivity index (χ3n) is 8.72. The van der Waals surface area contributed by atoms with Crippen molar-refractivity contribution in [2.75, 3.05) is 19.6 Å². The average molecular weight is 519 g/mol. The fourth-order valence-corrected chi connectivity index (χ4v) is 6.49. The summed E-state index contributed by atoms with van der Waals surface area (Å²) < 4.78 is 6.07. The first-order valence-electron chi connectivity index (χ1n) is 14.6. The third-order valence-corrected chi connectivity index (χ3v) is 8.72. The van der Waals surface area contributed by atoms with E-state index in [1.165, 1.54) is 32.1 Å². The second-order valence-electron chi connectivity index (χ2n) is 11.3. The van der Waals surface area contributed by atoms with Gasteiger partial charge in [0.15, 0.2) is 0 Å². The van der Waals surface area contributed by atoms with E-state index in [4.69, 9.17) is 4.74 Å². The first-order chi connectivity index (χ1) is 18.6. The highest BCUT2D eigenvalue weighted by atomic mass is 16.5. The van der Waals surface area contributed by atoms with Crippen molar-refractivity contribution in [3.05, 3.63) is 54.2 Å². The van der Waals surface area contributed by atoms with E-state index in [9.17, 15) is 9.59 Å². The zero-order valence-corrected chi connectivity index (χ0v) is 22.7. The Morgan fingerprint density at radius 2 is 1.79 bits per heavy atom. The standard InChI is InChI=1S/C31H42N4O3/c1-2-3-19-35-29(36)27(22-24-11-6-4-7-12-24)33-30(37)31(35)16-20-34(21-17-31)23-25-13-10-18-32-28(25)38-26-14-8-5-9-15-26/h5,8-10,13-15,18,24,27H,2-4,6-7,11-12,16-17,19-23H2,1H3,(H,33,37). The van der Waals surface area contributed by atoms with Gasteiger partial charge in [-0.3, -0.25) is 14.5 Å². The Labute approximate surface area is 226 Å². The number of ether oxygens (including phenoxy) is 1. The van der Waals surface area contributed by atoms with Gasteiger partial charge in [0.1, 0.15) is 17.3 Å². The van der Waals surface area contributed by atoms with Crippen molar-refractivity contribution in [2.24, 2.45) is 5.92 Å². The second kappa shape index (κ2) is 12.3. The van der Waals surface area contributed by atoms with Crippen LogP contribution in [0.4, 0.5) is 0 Å². The highest BCUT2D eigenvalue weighted by molar-refractivity contribution is 6.00. The van der Waals surface area contributed by atoms with E-state index in [1.54, 1.807) is 6.20 Å². The molecule has 5 rings (SSSR count). The Morgan fingerprint density at radius 3 is 2.53 bits per heavy atom. The Kier molecular flexibility index (Phi) is 8.62. The maximum absolute atomic E-state index is 13.8. The molecule has 3 heterocycles. The lowest BCUT2D eigenvalue weighted by molar-refractivity contribution is -0.162. The summed E-state index contributed by atoms with van der Waals surface area (Å²) >= 11 is 0. The lowest BCUT2D eigenvalue weighted by Gasteiger charge is -2.52. The number of nitrogens with one attached hydrogen (secondary N) is 1. The van der Waals surface area contributed by atoms with Gasteiger partial charge >= 0.3 is 0 Å². The monoisotopic (exact) mass is 518 g/mol. The summed E-state index contributed by atoms with van der Waals surface area (Å²) in [7, 11) is 0. The van der Waals surface area contributed by atoms with Crippen LogP contribution in [-0.2, 0) is 16.1 Å². The molecule has 1 unspecified atom stereocenters. The van der Waals surface area contributed by atoms with E-state index >= 15 is 0 Å². The fraction of sp³-hybridized carbons (Fsp3) is 0.581. The number of likely N-dealkylation sites (tertiary alicyclic amines) is 1. The number of nitrogens with zero attached hydrogens (tertiary/aromatic N) is 3. The zero-order chi connectivity index (χ0) is 26.4. The summed E-state index contributed by atoms with van der Waals surface area (Å²) in [6.45, 7) is 5.00. The molecule has 3 aliphatic rings. The molecule has 1 aromatic heterocycles. The molecule has 1 spiro atoms. The van der Waals surface area contributed by atoms with Crippen LogP contribution in [0.15, 0.2) is 48.7 Å². The lowest BCUT2D eigenvalue weighted by atomic mass is 9.79. The Bertz CT molecular complexity index is 1080. The molecule has 38 heavy (non-hydrogen) atoms. The highest BCUT2D eigenvalue weighted by Crippen LogP contribution is 2.36. The summed E-state index contributed by atoms with van der Waals surface area (Å²) in [6.07, 6.45) is 11.9. The topological polar surface area (TPSA) is 74.8 Å². The van der Waals surface area contributed by atoms with Gasteiger partial charge in [0.2, 0.25) is 17.7 Å². The molecule has 2 amide bonds. The van der Waals surface area contributed by atoms with Crippen LogP contribution in [0, 0.1) is 5.92 Å². The molecule has 7 heteroatoms. The van der Waals surface area contributed by atoms with Gasteiger partial charge in [0, 0.05) is 37.9 Å². The maximum Gasteiger partial charge on any atom is 0.246 e. The number of benzene rings is 1. The number of pyridine rings is 1. The highest BCUT2D eigenvalue weighted by Gasteiger charge is 2.53.